The molecule has 0 aliphatic heterocycles. The van der Waals surface area contributed by atoms with E-state index >= 15 is 0 Å². The van der Waals surface area contributed by atoms with Crippen LogP contribution in [-0.2, 0) is 11.8 Å². The third-order valence-corrected chi connectivity index (χ3v) is 4.84. The summed E-state index contributed by atoms with van der Waals surface area (Å²) in [5, 5.41) is 0. The van der Waals surface area contributed by atoms with Crippen LogP contribution in [0.15, 0.2) is 12.1 Å². The minimum atomic E-state index is -2.62. The Morgan fingerprint density at radius 1 is 0.857 bits per heavy atom. The van der Waals surface area contributed by atoms with Gasteiger partial charge in [-0.1, -0.05) is 79.2 Å². The van der Waals surface area contributed by atoms with Gasteiger partial charge in [-0.2, -0.15) is 0 Å². The summed E-state index contributed by atoms with van der Waals surface area (Å²) >= 11 is 0. The topological polar surface area (TPSA) is 69.9 Å². The third kappa shape index (κ3) is 12.0. The maximum atomic E-state index is 7.23. The summed E-state index contributed by atoms with van der Waals surface area (Å²) in [5.41, 5.74) is 4.49. The normalized spacial score (nSPS) is 11.4. The molecule has 0 spiro atoms. The van der Waals surface area contributed by atoms with Crippen LogP contribution >= 0.6 is 8.60 Å². The highest BCUT2D eigenvalue weighted by Crippen LogP contribution is 2.36. The van der Waals surface area contributed by atoms with Crippen molar-refractivity contribution < 1.29 is 19.4 Å². The predicted octanol–water partition coefficient (Wildman–Crippen LogP) is 6.56. The average molecular weight is 415 g/mol. The van der Waals surface area contributed by atoms with Crippen molar-refractivity contribution in [2.24, 2.45) is 0 Å². The Kier molecular flexibility index (Phi) is 14.8. The average Bonchev–Trinajstić information content (AvgIpc) is 2.58. The standard InChI is InChI=1S/C23H40O.H3O3P/c1-7-9-11-13-15-20-16-17-21(24-18-14-12-10-8-2)22(19(20)3)23(4,5)6;1-4(2)3/h16-17H,7-15,18H2,1-6H3;1-3H. The molecule has 0 aliphatic carbocycles. The fraction of sp³-hybridized carbons (Fsp3) is 0.739. The molecule has 4 nitrogen and oxygen atoms in total. The van der Waals surface area contributed by atoms with Gasteiger partial charge >= 0.3 is 8.60 Å². The van der Waals surface area contributed by atoms with E-state index in [2.05, 4.69) is 53.7 Å². The van der Waals surface area contributed by atoms with Crippen molar-refractivity contribution in [3.05, 3.63) is 28.8 Å². The van der Waals surface area contributed by atoms with Gasteiger partial charge in [-0.05, 0) is 48.8 Å². The van der Waals surface area contributed by atoms with E-state index in [0.29, 0.717) is 0 Å². The van der Waals surface area contributed by atoms with Crippen LogP contribution in [0.2, 0.25) is 0 Å². The van der Waals surface area contributed by atoms with Crippen LogP contribution in [0.4, 0.5) is 0 Å². The molecule has 0 fully saturated rings. The summed E-state index contributed by atoms with van der Waals surface area (Å²) in [6.07, 6.45) is 11.5. The van der Waals surface area contributed by atoms with E-state index in [1.165, 1.54) is 68.1 Å². The van der Waals surface area contributed by atoms with Crippen molar-refractivity contribution in [2.45, 2.75) is 105 Å². The number of unbranched alkanes of at least 4 members (excludes halogenated alkanes) is 6. The second kappa shape index (κ2) is 15.2. The lowest BCUT2D eigenvalue weighted by Crippen LogP contribution is -2.17. The lowest BCUT2D eigenvalue weighted by molar-refractivity contribution is 0.296. The van der Waals surface area contributed by atoms with Gasteiger partial charge in [0.05, 0.1) is 6.61 Å². The Hall–Kier alpha value is -0.670. The van der Waals surface area contributed by atoms with Crippen LogP contribution in [-0.4, -0.2) is 21.3 Å². The molecule has 0 atom stereocenters. The van der Waals surface area contributed by atoms with Crippen molar-refractivity contribution >= 4 is 8.60 Å². The minimum Gasteiger partial charge on any atom is -0.493 e. The quantitative estimate of drug-likeness (QED) is 0.283. The molecule has 1 rings (SSSR count). The second-order valence-electron chi connectivity index (χ2n) is 8.46. The van der Waals surface area contributed by atoms with Crippen molar-refractivity contribution in [1.82, 2.24) is 0 Å². The van der Waals surface area contributed by atoms with Crippen LogP contribution in [0.5, 0.6) is 5.75 Å². The molecule has 0 aliphatic rings. The fourth-order valence-corrected chi connectivity index (χ4v) is 3.51. The van der Waals surface area contributed by atoms with E-state index in [4.69, 9.17) is 19.4 Å². The second-order valence-corrected chi connectivity index (χ2v) is 9.00. The molecule has 0 heterocycles. The first-order valence-electron chi connectivity index (χ1n) is 10.8. The molecule has 0 saturated heterocycles. The van der Waals surface area contributed by atoms with Crippen LogP contribution in [0, 0.1) is 6.92 Å². The van der Waals surface area contributed by atoms with Gasteiger partial charge in [-0.3, -0.25) is 0 Å². The first-order valence-corrected chi connectivity index (χ1v) is 12.0. The molecule has 3 N–H and O–H groups in total. The zero-order valence-corrected chi connectivity index (χ0v) is 19.8. The van der Waals surface area contributed by atoms with E-state index < -0.39 is 8.60 Å². The summed E-state index contributed by atoms with van der Waals surface area (Å²) in [7, 11) is -2.62. The molecule has 164 valence electrons. The molecule has 0 saturated carbocycles. The van der Waals surface area contributed by atoms with Crippen molar-refractivity contribution in [1.29, 1.82) is 0 Å². The lowest BCUT2D eigenvalue weighted by atomic mass is 9.81. The smallest absolute Gasteiger partial charge is 0.324 e. The van der Waals surface area contributed by atoms with Crippen molar-refractivity contribution in [3.63, 3.8) is 0 Å². The Morgan fingerprint density at radius 2 is 1.39 bits per heavy atom. The zero-order valence-electron chi connectivity index (χ0n) is 18.9. The lowest BCUT2D eigenvalue weighted by Gasteiger charge is -2.27. The molecule has 1 aromatic rings. The summed E-state index contributed by atoms with van der Waals surface area (Å²) < 4.78 is 6.19. The summed E-state index contributed by atoms with van der Waals surface area (Å²) in [6, 6.07) is 4.53. The van der Waals surface area contributed by atoms with Gasteiger partial charge in [0, 0.05) is 5.56 Å². The van der Waals surface area contributed by atoms with Crippen molar-refractivity contribution in [2.75, 3.05) is 6.61 Å². The first-order chi connectivity index (χ1) is 13.1. The van der Waals surface area contributed by atoms with Crippen LogP contribution in [0.25, 0.3) is 0 Å². The largest absolute Gasteiger partial charge is 0.493 e. The van der Waals surface area contributed by atoms with Gasteiger partial charge in [0.15, 0.2) is 0 Å². The first kappa shape index (κ1) is 27.3. The third-order valence-electron chi connectivity index (χ3n) is 4.84. The number of hydrogen-bond donors (Lipinski definition) is 3. The number of aryl methyl sites for hydroxylation is 1. The molecule has 1 aromatic carbocycles. The van der Waals surface area contributed by atoms with Gasteiger partial charge in [-0.15, -0.1) is 0 Å². The van der Waals surface area contributed by atoms with Crippen LogP contribution in [0.3, 0.4) is 0 Å². The summed E-state index contributed by atoms with van der Waals surface area (Å²) in [6.45, 7) is 14.6. The molecule has 0 radical (unpaired) electrons. The molecule has 0 bridgehead atoms. The monoisotopic (exact) mass is 414 g/mol. The maximum Gasteiger partial charge on any atom is 0.324 e. The molecular weight excluding hydrogens is 371 g/mol. The van der Waals surface area contributed by atoms with E-state index in [9.17, 15) is 0 Å². The molecule has 5 heteroatoms. The van der Waals surface area contributed by atoms with Gasteiger partial charge in [0.25, 0.3) is 0 Å². The number of ether oxygens (including phenoxy) is 1. The van der Waals surface area contributed by atoms with Gasteiger partial charge in [0.1, 0.15) is 5.75 Å². The van der Waals surface area contributed by atoms with E-state index in [0.717, 1.165) is 18.8 Å². The number of benzene rings is 1. The number of hydrogen-bond acceptors (Lipinski definition) is 4. The van der Waals surface area contributed by atoms with Gasteiger partial charge in [-0.25, -0.2) is 0 Å². The summed E-state index contributed by atoms with van der Waals surface area (Å²) in [4.78, 5) is 21.7. The Labute approximate surface area is 174 Å². The molecule has 28 heavy (non-hydrogen) atoms. The predicted molar refractivity (Wildman–Crippen MR) is 121 cm³/mol. The van der Waals surface area contributed by atoms with E-state index in [-0.39, 0.29) is 5.41 Å². The van der Waals surface area contributed by atoms with E-state index in [1.54, 1.807) is 0 Å². The Bertz CT molecular complexity index is 521. The fourth-order valence-electron chi connectivity index (χ4n) is 3.51. The van der Waals surface area contributed by atoms with Crippen molar-refractivity contribution in [3.8, 4) is 5.75 Å². The molecular formula is C23H43O4P. The molecule has 0 aromatic heterocycles. The van der Waals surface area contributed by atoms with Gasteiger partial charge in [0.2, 0.25) is 0 Å². The SMILES string of the molecule is CCCCCCOc1ccc(CCCCCC)c(C)c1C(C)(C)C.OP(O)O. The summed E-state index contributed by atoms with van der Waals surface area (Å²) in [5.74, 6) is 1.11. The van der Waals surface area contributed by atoms with E-state index in [1.807, 2.05) is 0 Å². The Morgan fingerprint density at radius 3 is 1.89 bits per heavy atom. The van der Waals surface area contributed by atoms with Crippen LogP contribution < -0.4 is 4.74 Å². The highest BCUT2D eigenvalue weighted by molar-refractivity contribution is 7.38. The molecule has 0 unspecified atom stereocenters. The zero-order chi connectivity index (χ0) is 21.6. The minimum absolute atomic E-state index is 0.127. The highest BCUT2D eigenvalue weighted by atomic mass is 31.2. The molecule has 0 amide bonds. The maximum absolute atomic E-state index is 7.23. The highest BCUT2D eigenvalue weighted by Gasteiger charge is 2.23. The van der Waals surface area contributed by atoms with Gasteiger partial charge < -0.3 is 19.4 Å². The van der Waals surface area contributed by atoms with Crippen LogP contribution in [0.1, 0.15) is 103 Å². The Balaban J connectivity index is 0.00000165. The number of rotatable bonds is 11.